The summed E-state index contributed by atoms with van der Waals surface area (Å²) in [6.07, 6.45) is -5.07. The summed E-state index contributed by atoms with van der Waals surface area (Å²) in [5.74, 6) is -1.57. The average molecular weight is 631 g/mol. The number of Topliss-reactive ketones (excluding diaryl/α,β-unsaturated/α-hetero) is 1. The topological polar surface area (TPSA) is 132 Å². The molecule has 1 heterocycles. The molecule has 1 aromatic rings. The van der Waals surface area contributed by atoms with E-state index in [0.717, 1.165) is 18.1 Å². The van der Waals surface area contributed by atoms with Crippen LogP contribution in [0.3, 0.4) is 0 Å². The molecule has 1 saturated heterocycles. The Labute approximate surface area is 262 Å². The molecule has 10 heteroatoms. The maximum atomic E-state index is 15.1. The van der Waals surface area contributed by atoms with E-state index in [-0.39, 0.29) is 19.4 Å². The van der Waals surface area contributed by atoms with E-state index in [1.54, 1.807) is 39.8 Å². The van der Waals surface area contributed by atoms with Gasteiger partial charge in [-0.15, -0.1) is 0 Å². The Bertz CT molecular complexity index is 1300. The van der Waals surface area contributed by atoms with Gasteiger partial charge in [-0.1, -0.05) is 52.8 Å². The van der Waals surface area contributed by atoms with Crippen LogP contribution in [-0.2, 0) is 23.5 Å². The lowest BCUT2D eigenvalue weighted by molar-refractivity contribution is -0.342. The third kappa shape index (κ3) is 4.58. The highest BCUT2D eigenvalue weighted by molar-refractivity contribution is 6.73. The molecule has 0 amide bonds. The molecular formula is C34H50O9Si. The minimum Gasteiger partial charge on any atom is -0.487 e. The zero-order chi connectivity index (χ0) is 32.5. The molecule has 4 aliphatic rings. The Kier molecular flexibility index (Phi) is 8.56. The second-order valence-electron chi connectivity index (χ2n) is 14.2. The summed E-state index contributed by atoms with van der Waals surface area (Å²) >= 11 is 0. The van der Waals surface area contributed by atoms with E-state index in [1.807, 2.05) is 18.2 Å². The lowest BCUT2D eigenvalue weighted by Crippen LogP contribution is -2.82. The summed E-state index contributed by atoms with van der Waals surface area (Å²) in [5, 5.41) is 36.5. The van der Waals surface area contributed by atoms with E-state index in [9.17, 15) is 20.1 Å². The van der Waals surface area contributed by atoms with Crippen molar-refractivity contribution in [3.8, 4) is 5.75 Å². The van der Waals surface area contributed by atoms with E-state index < -0.39 is 78.5 Å². The molecular weight excluding hydrogens is 580 g/mol. The number of ether oxygens (including phenoxy) is 3. The maximum Gasteiger partial charge on any atom is 0.303 e. The molecule has 0 spiro atoms. The second kappa shape index (κ2) is 11.3. The molecule has 3 aliphatic carbocycles. The van der Waals surface area contributed by atoms with E-state index in [1.165, 1.54) is 6.92 Å². The van der Waals surface area contributed by atoms with Gasteiger partial charge >= 0.3 is 5.97 Å². The number of aliphatic hydroxyl groups excluding tert-OH is 2. The Morgan fingerprint density at radius 2 is 1.68 bits per heavy atom. The van der Waals surface area contributed by atoms with Crippen LogP contribution in [0, 0.1) is 16.7 Å². The van der Waals surface area contributed by atoms with Gasteiger partial charge in [-0.25, -0.2) is 0 Å². The standard InChI is InChI=1S/C34H50O9Si/c1-9-44(10-2,11-3)43-24-17-25-33(19-40-25,42-21(5)35)28-30(41-22-15-13-12-14-16-22)34(39)18-23(36)20(4)26(31(34,6)7)27(37)29(38)32(24,28)8/h12-16,23-25,27-28,30,36-37,39H,9-11,17-19H2,1-8H3/t23-,24-,25+,27+,28-,30-,32+,33-,34+/m0/s1. The molecule has 244 valence electrons. The van der Waals surface area contributed by atoms with E-state index in [0.29, 0.717) is 16.9 Å². The van der Waals surface area contributed by atoms with Crippen molar-refractivity contribution in [1.29, 1.82) is 0 Å². The number of benzene rings is 1. The van der Waals surface area contributed by atoms with Gasteiger partial charge in [0.15, 0.2) is 19.7 Å². The fourth-order valence-corrected chi connectivity index (χ4v) is 11.9. The average Bonchev–Trinajstić information content (AvgIpc) is 2.97. The van der Waals surface area contributed by atoms with Gasteiger partial charge in [0.25, 0.3) is 0 Å². The number of para-hydroxylation sites is 1. The first-order chi connectivity index (χ1) is 20.6. The summed E-state index contributed by atoms with van der Waals surface area (Å²) in [6.45, 7) is 14.7. The third-order valence-electron chi connectivity index (χ3n) is 12.0. The minimum atomic E-state index is -2.34. The van der Waals surface area contributed by atoms with Gasteiger partial charge in [0, 0.05) is 25.2 Å². The maximum absolute atomic E-state index is 15.1. The second-order valence-corrected chi connectivity index (χ2v) is 18.9. The molecule has 0 radical (unpaired) electrons. The van der Waals surface area contributed by atoms with Crippen LogP contribution >= 0.6 is 0 Å². The van der Waals surface area contributed by atoms with Gasteiger partial charge in [-0.2, -0.15) is 0 Å². The Morgan fingerprint density at radius 3 is 2.20 bits per heavy atom. The zero-order valence-corrected chi connectivity index (χ0v) is 28.4. The van der Waals surface area contributed by atoms with Crippen LogP contribution in [0.15, 0.2) is 41.5 Å². The van der Waals surface area contributed by atoms with Crippen LogP contribution in [-0.4, -0.2) is 83.7 Å². The highest BCUT2D eigenvalue weighted by atomic mass is 28.4. The summed E-state index contributed by atoms with van der Waals surface area (Å²) in [6, 6.07) is 11.6. The largest absolute Gasteiger partial charge is 0.487 e. The Balaban J connectivity index is 1.85. The number of hydrogen-bond acceptors (Lipinski definition) is 9. The van der Waals surface area contributed by atoms with Crippen LogP contribution in [0.2, 0.25) is 18.1 Å². The summed E-state index contributed by atoms with van der Waals surface area (Å²) in [7, 11) is -2.34. The molecule has 9 nitrogen and oxygen atoms in total. The van der Waals surface area contributed by atoms with Crippen LogP contribution in [0.4, 0.5) is 0 Å². The van der Waals surface area contributed by atoms with Gasteiger partial charge in [0.2, 0.25) is 0 Å². The van der Waals surface area contributed by atoms with Crippen molar-refractivity contribution < 1.29 is 43.5 Å². The molecule has 2 saturated carbocycles. The molecule has 5 rings (SSSR count). The van der Waals surface area contributed by atoms with Crippen molar-refractivity contribution in [2.24, 2.45) is 16.7 Å². The predicted molar refractivity (Wildman–Crippen MR) is 166 cm³/mol. The fourth-order valence-electron chi connectivity index (χ4n) is 9.00. The summed E-state index contributed by atoms with van der Waals surface area (Å²) in [4.78, 5) is 27.9. The number of ketones is 1. The van der Waals surface area contributed by atoms with Gasteiger partial charge in [0.05, 0.1) is 30.1 Å². The first-order valence-corrected chi connectivity index (χ1v) is 18.7. The van der Waals surface area contributed by atoms with Crippen molar-refractivity contribution in [3.63, 3.8) is 0 Å². The van der Waals surface area contributed by atoms with Crippen LogP contribution < -0.4 is 4.74 Å². The lowest BCUT2D eigenvalue weighted by atomic mass is 9.44. The zero-order valence-electron chi connectivity index (χ0n) is 27.4. The highest BCUT2D eigenvalue weighted by Crippen LogP contribution is 2.64. The number of hydrogen-bond donors (Lipinski definition) is 3. The molecule has 0 aromatic heterocycles. The highest BCUT2D eigenvalue weighted by Gasteiger charge is 2.78. The SMILES string of the molecule is CC[Si](CC)(CC)O[C@H]1C[C@H]2OC[C@@]2(OC(C)=O)[C@H]2[C@H](Oc3ccccc3)[C@]3(O)C[C@H](O)C(C)=C([C@@H](O)C(=O)[C@]12C)C3(C)C. The number of esters is 1. The quantitative estimate of drug-likeness (QED) is 0.218. The number of rotatable bonds is 8. The van der Waals surface area contributed by atoms with Gasteiger partial charge in [-0.3, -0.25) is 9.59 Å². The van der Waals surface area contributed by atoms with Crippen LogP contribution in [0.25, 0.3) is 0 Å². The molecule has 1 aliphatic heterocycles. The smallest absolute Gasteiger partial charge is 0.303 e. The molecule has 9 atom stereocenters. The van der Waals surface area contributed by atoms with Gasteiger partial charge in [0.1, 0.15) is 29.7 Å². The van der Waals surface area contributed by atoms with E-state index >= 15 is 4.79 Å². The van der Waals surface area contributed by atoms with Crippen molar-refractivity contribution >= 4 is 20.1 Å². The molecule has 3 N–H and O–H groups in total. The van der Waals surface area contributed by atoms with E-state index in [4.69, 9.17) is 18.6 Å². The van der Waals surface area contributed by atoms with Crippen molar-refractivity contribution in [3.05, 3.63) is 41.5 Å². The molecule has 44 heavy (non-hydrogen) atoms. The van der Waals surface area contributed by atoms with Crippen LogP contribution in [0.1, 0.15) is 68.2 Å². The van der Waals surface area contributed by atoms with Gasteiger partial charge in [-0.05, 0) is 55.3 Å². The number of carbonyl (C=O) groups is 2. The first-order valence-electron chi connectivity index (χ1n) is 16.1. The number of aliphatic hydroxyl groups is 3. The normalized spacial score (nSPS) is 39.8. The summed E-state index contributed by atoms with van der Waals surface area (Å²) < 4.78 is 26.3. The van der Waals surface area contributed by atoms with Crippen LogP contribution in [0.5, 0.6) is 5.75 Å². The third-order valence-corrected chi connectivity index (χ3v) is 16.7. The van der Waals surface area contributed by atoms with Gasteiger partial charge < -0.3 is 34.0 Å². The summed E-state index contributed by atoms with van der Waals surface area (Å²) in [5.41, 5.74) is -5.07. The molecule has 1 aromatic carbocycles. The Hall–Kier alpha value is -2.08. The van der Waals surface area contributed by atoms with Crippen molar-refractivity contribution in [2.45, 2.75) is 128 Å². The molecule has 0 unspecified atom stereocenters. The predicted octanol–water partition coefficient (Wildman–Crippen LogP) is 4.33. The van der Waals surface area contributed by atoms with Crippen molar-refractivity contribution in [1.82, 2.24) is 0 Å². The van der Waals surface area contributed by atoms with E-state index in [2.05, 4.69) is 20.8 Å². The minimum absolute atomic E-state index is 0.000932. The fraction of sp³-hybridized carbons (Fsp3) is 0.706. The lowest BCUT2D eigenvalue weighted by Gasteiger charge is -2.68. The van der Waals surface area contributed by atoms with Crippen molar-refractivity contribution in [2.75, 3.05) is 6.61 Å². The molecule has 3 fully saturated rings. The Morgan fingerprint density at radius 1 is 1.07 bits per heavy atom. The number of fused-ring (bicyclic) bond motifs is 5. The monoisotopic (exact) mass is 630 g/mol. The molecule has 2 bridgehead atoms. The number of carbonyl (C=O) groups excluding carboxylic acids is 2. The first kappa shape index (κ1) is 33.3.